The maximum Gasteiger partial charge on any atom is 0.287 e. The summed E-state index contributed by atoms with van der Waals surface area (Å²) in [5.74, 6) is 1.48. The monoisotopic (exact) mass is 384 g/mol. The van der Waals surface area contributed by atoms with Crippen LogP contribution in [0.1, 0.15) is 34.2 Å². The molecule has 1 saturated heterocycles. The van der Waals surface area contributed by atoms with Crippen molar-refractivity contribution in [3.63, 3.8) is 0 Å². The lowest BCUT2D eigenvalue weighted by Gasteiger charge is -2.31. The molecule has 0 atom stereocenters. The molecule has 4 rings (SSSR count). The van der Waals surface area contributed by atoms with E-state index in [-0.39, 0.29) is 5.91 Å². The van der Waals surface area contributed by atoms with Gasteiger partial charge in [0.1, 0.15) is 0 Å². The number of nitrogens with one attached hydrogen (secondary N) is 1. The number of furan rings is 1. The number of likely N-dealkylation sites (tertiary alicyclic amines) is 1. The number of methoxy groups -OCH3 is 1. The summed E-state index contributed by atoms with van der Waals surface area (Å²) in [6.07, 6.45) is 2.38. The normalized spacial score (nSPS) is 15.9. The lowest BCUT2D eigenvalue weighted by molar-refractivity contribution is 0.0920. The third kappa shape index (κ3) is 4.01. The highest BCUT2D eigenvalue weighted by Gasteiger charge is 2.21. The van der Waals surface area contributed by atoms with Gasteiger partial charge in [0.15, 0.2) is 17.1 Å². The van der Waals surface area contributed by atoms with E-state index < -0.39 is 0 Å². The van der Waals surface area contributed by atoms with E-state index >= 15 is 0 Å². The zero-order valence-electron chi connectivity index (χ0n) is 15.4. The SMILES string of the molecule is COc1cccc2cc(C(=O)NCCN3CCC(c4cccs4)CC3)oc12. The average Bonchev–Trinajstić information content (AvgIpc) is 3.38. The Bertz CT molecular complexity index is 895. The first-order chi connectivity index (χ1) is 13.2. The van der Waals surface area contributed by atoms with Crippen LogP contribution in [0.2, 0.25) is 0 Å². The standard InChI is InChI=1S/C21H24N2O3S/c1-25-17-5-2-4-16-14-18(26-20(16)17)21(24)22-9-12-23-10-7-15(8-11-23)19-6-3-13-27-19/h2-6,13-15H,7-12H2,1H3,(H,22,24). The summed E-state index contributed by atoms with van der Waals surface area (Å²) in [6.45, 7) is 3.66. The molecule has 6 heteroatoms. The molecule has 2 aromatic heterocycles. The van der Waals surface area contributed by atoms with Crippen molar-refractivity contribution in [3.8, 4) is 5.75 Å². The van der Waals surface area contributed by atoms with Crippen molar-refractivity contribution < 1.29 is 13.9 Å². The number of para-hydroxylation sites is 1. The molecule has 3 aromatic rings. The molecule has 0 radical (unpaired) electrons. The Kier molecular flexibility index (Phi) is 5.45. The average molecular weight is 385 g/mol. The summed E-state index contributed by atoms with van der Waals surface area (Å²) in [5.41, 5.74) is 0.612. The zero-order chi connectivity index (χ0) is 18.6. The van der Waals surface area contributed by atoms with E-state index in [1.54, 1.807) is 13.2 Å². The van der Waals surface area contributed by atoms with Gasteiger partial charge in [-0.15, -0.1) is 11.3 Å². The quantitative estimate of drug-likeness (QED) is 0.695. The maximum absolute atomic E-state index is 12.4. The molecule has 1 aliphatic rings. The van der Waals surface area contributed by atoms with Crippen LogP contribution in [0.25, 0.3) is 11.0 Å². The fourth-order valence-corrected chi connectivity index (χ4v) is 4.59. The Balaban J connectivity index is 1.27. The second-order valence-corrected chi connectivity index (χ2v) is 7.86. The molecule has 0 aliphatic carbocycles. The van der Waals surface area contributed by atoms with Crippen LogP contribution >= 0.6 is 11.3 Å². The van der Waals surface area contributed by atoms with E-state index in [1.165, 1.54) is 17.7 Å². The molecule has 3 heterocycles. The predicted octanol–water partition coefficient (Wildman–Crippen LogP) is 4.11. The number of piperidine rings is 1. The number of benzene rings is 1. The second kappa shape index (κ2) is 8.15. The van der Waals surface area contributed by atoms with Gasteiger partial charge in [0.2, 0.25) is 0 Å². The largest absolute Gasteiger partial charge is 0.493 e. The lowest BCUT2D eigenvalue weighted by Crippen LogP contribution is -2.39. The van der Waals surface area contributed by atoms with Gasteiger partial charge < -0.3 is 19.4 Å². The topological polar surface area (TPSA) is 54.7 Å². The van der Waals surface area contributed by atoms with Crippen LogP contribution < -0.4 is 10.1 Å². The van der Waals surface area contributed by atoms with E-state index in [0.717, 1.165) is 25.0 Å². The number of carbonyl (C=O) groups excluding carboxylic acids is 1. The predicted molar refractivity (Wildman–Crippen MR) is 108 cm³/mol. The number of rotatable bonds is 6. The van der Waals surface area contributed by atoms with Crippen LogP contribution in [0.3, 0.4) is 0 Å². The molecule has 142 valence electrons. The van der Waals surface area contributed by atoms with Gasteiger partial charge in [-0.05, 0) is 55.4 Å². The lowest BCUT2D eigenvalue weighted by atomic mass is 9.95. The number of hydrogen-bond acceptors (Lipinski definition) is 5. The minimum absolute atomic E-state index is 0.179. The number of nitrogens with zero attached hydrogens (tertiary/aromatic N) is 1. The van der Waals surface area contributed by atoms with Gasteiger partial charge in [0.05, 0.1) is 7.11 Å². The van der Waals surface area contributed by atoms with E-state index in [9.17, 15) is 4.79 Å². The van der Waals surface area contributed by atoms with Gasteiger partial charge in [-0.2, -0.15) is 0 Å². The fraction of sp³-hybridized carbons (Fsp3) is 0.381. The maximum atomic E-state index is 12.4. The summed E-state index contributed by atoms with van der Waals surface area (Å²) < 4.78 is 11.0. The Morgan fingerprint density at radius 3 is 2.89 bits per heavy atom. The van der Waals surface area contributed by atoms with E-state index in [2.05, 4.69) is 27.7 Å². The number of fused-ring (bicyclic) bond motifs is 1. The molecule has 0 saturated carbocycles. The highest BCUT2D eigenvalue weighted by atomic mass is 32.1. The molecule has 1 fully saturated rings. The van der Waals surface area contributed by atoms with Crippen LogP contribution in [-0.4, -0.2) is 44.1 Å². The molecule has 0 bridgehead atoms. The third-order valence-corrected chi connectivity index (χ3v) is 6.23. The van der Waals surface area contributed by atoms with Gasteiger partial charge in [0.25, 0.3) is 5.91 Å². The summed E-state index contributed by atoms with van der Waals surface area (Å²) in [6, 6.07) is 11.8. The van der Waals surface area contributed by atoms with Crippen LogP contribution in [0, 0.1) is 0 Å². The van der Waals surface area contributed by atoms with Crippen molar-refractivity contribution >= 4 is 28.2 Å². The minimum atomic E-state index is -0.179. The Morgan fingerprint density at radius 2 is 2.15 bits per heavy atom. The van der Waals surface area contributed by atoms with Gasteiger partial charge in [0, 0.05) is 23.4 Å². The number of amides is 1. The molecule has 1 amide bonds. The molecule has 0 unspecified atom stereocenters. The van der Waals surface area contributed by atoms with Gasteiger partial charge in [-0.1, -0.05) is 18.2 Å². The van der Waals surface area contributed by atoms with Crippen molar-refractivity contribution in [1.29, 1.82) is 0 Å². The first-order valence-corrected chi connectivity index (χ1v) is 10.2. The Labute approximate surface area is 162 Å². The molecule has 27 heavy (non-hydrogen) atoms. The van der Waals surface area contributed by atoms with Crippen molar-refractivity contribution in [2.75, 3.05) is 33.3 Å². The number of ether oxygens (including phenoxy) is 1. The van der Waals surface area contributed by atoms with Crippen molar-refractivity contribution in [3.05, 3.63) is 52.4 Å². The number of thiophene rings is 1. The first kappa shape index (κ1) is 18.1. The Morgan fingerprint density at radius 1 is 1.30 bits per heavy atom. The second-order valence-electron chi connectivity index (χ2n) is 6.88. The van der Waals surface area contributed by atoms with Crippen molar-refractivity contribution in [1.82, 2.24) is 10.2 Å². The van der Waals surface area contributed by atoms with E-state index in [1.807, 2.05) is 29.5 Å². The summed E-state index contributed by atoms with van der Waals surface area (Å²) in [4.78, 5) is 16.3. The summed E-state index contributed by atoms with van der Waals surface area (Å²) in [5, 5.41) is 6.00. The summed E-state index contributed by atoms with van der Waals surface area (Å²) in [7, 11) is 1.60. The molecule has 1 aliphatic heterocycles. The van der Waals surface area contributed by atoms with Crippen molar-refractivity contribution in [2.24, 2.45) is 0 Å². The number of hydrogen-bond donors (Lipinski definition) is 1. The van der Waals surface area contributed by atoms with Gasteiger partial charge >= 0.3 is 0 Å². The minimum Gasteiger partial charge on any atom is -0.493 e. The van der Waals surface area contributed by atoms with Crippen LogP contribution in [0.4, 0.5) is 0 Å². The molecule has 5 nitrogen and oxygen atoms in total. The number of carbonyl (C=O) groups is 1. The Hall–Kier alpha value is -2.31. The van der Waals surface area contributed by atoms with Crippen LogP contribution in [0.15, 0.2) is 46.2 Å². The van der Waals surface area contributed by atoms with Gasteiger partial charge in [-0.3, -0.25) is 4.79 Å². The van der Waals surface area contributed by atoms with Gasteiger partial charge in [-0.25, -0.2) is 0 Å². The summed E-state index contributed by atoms with van der Waals surface area (Å²) >= 11 is 1.86. The van der Waals surface area contributed by atoms with E-state index in [4.69, 9.17) is 9.15 Å². The fourth-order valence-electron chi connectivity index (χ4n) is 3.69. The van der Waals surface area contributed by atoms with Crippen LogP contribution in [0.5, 0.6) is 5.75 Å². The molecule has 0 spiro atoms. The smallest absolute Gasteiger partial charge is 0.287 e. The third-order valence-electron chi connectivity index (χ3n) is 5.20. The van der Waals surface area contributed by atoms with Crippen molar-refractivity contribution in [2.45, 2.75) is 18.8 Å². The van der Waals surface area contributed by atoms with E-state index in [0.29, 0.717) is 29.6 Å². The molecule has 1 N–H and O–H groups in total. The highest BCUT2D eigenvalue weighted by Crippen LogP contribution is 2.31. The van der Waals surface area contributed by atoms with Crippen LogP contribution in [-0.2, 0) is 0 Å². The molecule has 1 aromatic carbocycles. The first-order valence-electron chi connectivity index (χ1n) is 9.35. The zero-order valence-corrected chi connectivity index (χ0v) is 16.3. The molecular weight excluding hydrogens is 360 g/mol. The highest BCUT2D eigenvalue weighted by molar-refractivity contribution is 7.10. The molecular formula is C21H24N2O3S.